The summed E-state index contributed by atoms with van der Waals surface area (Å²) in [7, 11) is -5.92. The lowest BCUT2D eigenvalue weighted by molar-refractivity contribution is -0.124. The van der Waals surface area contributed by atoms with Gasteiger partial charge < -0.3 is 5.32 Å². The van der Waals surface area contributed by atoms with Crippen molar-refractivity contribution in [2.75, 3.05) is 5.32 Å². The molecule has 0 heterocycles. The van der Waals surface area contributed by atoms with Crippen LogP contribution in [0.1, 0.15) is 60.5 Å². The molecular weight excluding hydrogens is 569 g/mol. The molecule has 3 aromatic rings. The Labute approximate surface area is 243 Å². The Balaban J connectivity index is 1.76. The molecule has 0 aromatic heterocycles. The van der Waals surface area contributed by atoms with E-state index in [1.165, 1.54) is 0 Å². The molecule has 0 radical (unpaired) electrons. The van der Waals surface area contributed by atoms with Gasteiger partial charge in [-0.1, -0.05) is 74.0 Å². The first-order valence-electron chi connectivity index (χ1n) is 13.5. The van der Waals surface area contributed by atoms with Gasteiger partial charge in [0.25, 0.3) is 0 Å². The highest BCUT2D eigenvalue weighted by Gasteiger charge is 2.47. The molecule has 0 saturated carbocycles. The molecule has 0 saturated heterocycles. The lowest BCUT2D eigenvalue weighted by Crippen LogP contribution is -2.43. The number of carbonyl (C=O) groups excluding carboxylic acids is 3. The molecule has 7 nitrogen and oxygen atoms in total. The smallest absolute Gasteiger partial charge is 0.326 e. The minimum Gasteiger partial charge on any atom is -0.326 e. The number of halogens is 3. The van der Waals surface area contributed by atoms with E-state index < -0.39 is 39.6 Å². The fourth-order valence-electron chi connectivity index (χ4n) is 4.38. The number of carbonyl (C=O) groups is 3. The van der Waals surface area contributed by atoms with Crippen molar-refractivity contribution in [1.29, 1.82) is 0 Å². The van der Waals surface area contributed by atoms with Crippen molar-refractivity contribution >= 4 is 33.3 Å². The Morgan fingerprint density at radius 3 is 2.14 bits per heavy atom. The largest absolute Gasteiger partial charge is 0.516 e. The highest BCUT2D eigenvalue weighted by molar-refractivity contribution is 7.90. The Hall–Kier alpha value is -3.99. The lowest BCUT2D eigenvalue weighted by Gasteiger charge is -2.18. The van der Waals surface area contributed by atoms with Gasteiger partial charge in [0, 0.05) is 30.0 Å². The zero-order chi connectivity index (χ0) is 30.9. The van der Waals surface area contributed by atoms with Gasteiger partial charge in [-0.25, -0.2) is 4.72 Å². The molecule has 42 heavy (non-hydrogen) atoms. The van der Waals surface area contributed by atoms with E-state index in [-0.39, 0.29) is 24.3 Å². The van der Waals surface area contributed by atoms with E-state index in [4.69, 9.17) is 0 Å². The maximum Gasteiger partial charge on any atom is 0.516 e. The average molecular weight is 603 g/mol. The second-order valence-corrected chi connectivity index (χ2v) is 11.7. The minimum atomic E-state index is -5.92. The number of benzene rings is 3. The Bertz CT molecular complexity index is 1510. The summed E-state index contributed by atoms with van der Waals surface area (Å²) in [6.07, 6.45) is 1.92. The maximum atomic E-state index is 13.2. The highest BCUT2D eigenvalue weighted by atomic mass is 32.2. The van der Waals surface area contributed by atoms with Crippen LogP contribution in [0.5, 0.6) is 0 Å². The molecule has 11 heteroatoms. The molecule has 0 aliphatic carbocycles. The number of Topliss-reactive ketones (excluding diaryl/α,β-unsaturated/α-hetero) is 1. The van der Waals surface area contributed by atoms with E-state index in [2.05, 4.69) is 5.32 Å². The monoisotopic (exact) mass is 602 g/mol. The van der Waals surface area contributed by atoms with Crippen molar-refractivity contribution in [3.63, 3.8) is 0 Å². The summed E-state index contributed by atoms with van der Waals surface area (Å²) < 4.78 is 62.9. The summed E-state index contributed by atoms with van der Waals surface area (Å²) in [6.45, 7) is 3.71. The number of ketones is 1. The van der Waals surface area contributed by atoms with Crippen LogP contribution in [0.3, 0.4) is 0 Å². The van der Waals surface area contributed by atoms with Crippen LogP contribution >= 0.6 is 0 Å². The van der Waals surface area contributed by atoms with Crippen LogP contribution in [0, 0.1) is 12.8 Å². The number of hydrogen-bond acceptors (Lipinski definition) is 5. The third kappa shape index (κ3) is 9.01. The minimum absolute atomic E-state index is 0.0343. The standard InChI is InChI=1S/C31H33F3N2O5S/c1-3-4-10-29(38)35-26-16-13-23(14-17-26)24-15-18-27(21(2)19-24)28(37)20-25(12-11-22-8-6-5-7-9-22)30(39)36-42(40,41)31(32,33)34/h5-9,13-19,25H,3-4,10-12,20H2,1-2H3,(H,35,38)(H,36,39). The molecule has 1 atom stereocenters. The van der Waals surface area contributed by atoms with Crippen LogP contribution in [0.4, 0.5) is 18.9 Å². The predicted molar refractivity (Wildman–Crippen MR) is 155 cm³/mol. The molecule has 0 aliphatic rings. The topological polar surface area (TPSA) is 109 Å². The van der Waals surface area contributed by atoms with Crippen LogP contribution in [-0.2, 0) is 26.0 Å². The molecular formula is C31H33F3N2O5S. The number of unbranched alkanes of at least 4 members (excludes halogenated alkanes) is 1. The number of rotatable bonds is 13. The molecule has 3 aromatic carbocycles. The fraction of sp³-hybridized carbons (Fsp3) is 0.323. The molecule has 2 N–H and O–H groups in total. The summed E-state index contributed by atoms with van der Waals surface area (Å²) in [5.41, 5.74) is -1.73. The van der Waals surface area contributed by atoms with Crippen molar-refractivity contribution in [2.45, 2.75) is 57.9 Å². The van der Waals surface area contributed by atoms with Gasteiger partial charge in [-0.3, -0.25) is 14.4 Å². The van der Waals surface area contributed by atoms with Gasteiger partial charge in [0.1, 0.15) is 0 Å². The second kappa shape index (κ2) is 14.3. The molecule has 0 aliphatic heterocycles. The van der Waals surface area contributed by atoms with E-state index >= 15 is 0 Å². The number of amides is 2. The van der Waals surface area contributed by atoms with Gasteiger partial charge in [0.15, 0.2) is 5.78 Å². The molecule has 224 valence electrons. The van der Waals surface area contributed by atoms with E-state index in [9.17, 15) is 36.0 Å². The Morgan fingerprint density at radius 2 is 1.55 bits per heavy atom. The highest BCUT2D eigenvalue weighted by Crippen LogP contribution is 2.27. The number of alkyl halides is 3. The molecule has 3 rings (SSSR count). The normalized spacial score (nSPS) is 12.4. The summed E-state index contributed by atoms with van der Waals surface area (Å²) in [5, 5.41) is 2.84. The third-order valence-corrected chi connectivity index (χ3v) is 7.83. The number of anilines is 1. The molecule has 2 amide bonds. The van der Waals surface area contributed by atoms with E-state index in [0.29, 0.717) is 17.7 Å². The maximum absolute atomic E-state index is 13.2. The third-order valence-electron chi connectivity index (χ3n) is 6.75. The number of nitrogens with one attached hydrogen (secondary N) is 2. The van der Waals surface area contributed by atoms with Gasteiger partial charge in [0.05, 0.1) is 0 Å². The molecule has 1 unspecified atom stereocenters. The first-order chi connectivity index (χ1) is 19.8. The van der Waals surface area contributed by atoms with Crippen molar-refractivity contribution in [1.82, 2.24) is 4.72 Å². The van der Waals surface area contributed by atoms with Gasteiger partial charge in [-0.05, 0) is 60.6 Å². The predicted octanol–water partition coefficient (Wildman–Crippen LogP) is 6.58. The second-order valence-electron chi connectivity index (χ2n) is 10.0. The summed E-state index contributed by atoms with van der Waals surface area (Å²) in [6, 6.07) is 21.1. The van der Waals surface area contributed by atoms with Crippen LogP contribution < -0.4 is 10.0 Å². The fourth-order valence-corrected chi connectivity index (χ4v) is 4.93. The van der Waals surface area contributed by atoms with E-state index in [1.807, 2.05) is 19.1 Å². The summed E-state index contributed by atoms with van der Waals surface area (Å²) >= 11 is 0. The Kier molecular flexibility index (Phi) is 11.0. The molecule has 0 spiro atoms. The quantitative estimate of drug-likeness (QED) is 0.215. The average Bonchev–Trinajstić information content (AvgIpc) is 2.94. The van der Waals surface area contributed by atoms with Gasteiger partial charge in [-0.15, -0.1) is 0 Å². The zero-order valence-corrected chi connectivity index (χ0v) is 24.1. The van der Waals surface area contributed by atoms with Crippen LogP contribution in [0.15, 0.2) is 72.8 Å². The van der Waals surface area contributed by atoms with Crippen molar-refractivity contribution < 1.29 is 36.0 Å². The van der Waals surface area contributed by atoms with E-state index in [1.54, 1.807) is 67.6 Å². The van der Waals surface area contributed by atoms with Gasteiger partial charge in [0.2, 0.25) is 11.8 Å². The van der Waals surface area contributed by atoms with E-state index in [0.717, 1.165) is 34.3 Å². The number of aryl methyl sites for hydroxylation is 2. The van der Waals surface area contributed by atoms with Crippen molar-refractivity contribution in [2.24, 2.45) is 5.92 Å². The zero-order valence-electron chi connectivity index (χ0n) is 23.3. The molecule has 0 fully saturated rings. The first kappa shape index (κ1) is 32.5. The van der Waals surface area contributed by atoms with Crippen LogP contribution in [0.2, 0.25) is 0 Å². The number of hydrogen-bond donors (Lipinski definition) is 2. The summed E-state index contributed by atoms with van der Waals surface area (Å²) in [4.78, 5) is 37.9. The Morgan fingerprint density at radius 1 is 0.905 bits per heavy atom. The first-order valence-corrected chi connectivity index (χ1v) is 15.0. The molecule has 0 bridgehead atoms. The SMILES string of the molecule is CCCCC(=O)Nc1ccc(-c2ccc(C(=O)CC(CCc3ccccc3)C(=O)NS(=O)(=O)C(F)(F)F)c(C)c2)cc1. The van der Waals surface area contributed by atoms with Crippen LogP contribution in [-0.4, -0.2) is 31.5 Å². The number of sulfonamides is 1. The van der Waals surface area contributed by atoms with Crippen molar-refractivity contribution in [3.8, 4) is 11.1 Å². The van der Waals surface area contributed by atoms with Crippen LogP contribution in [0.25, 0.3) is 11.1 Å². The van der Waals surface area contributed by atoms with Crippen molar-refractivity contribution in [3.05, 3.63) is 89.5 Å². The summed E-state index contributed by atoms with van der Waals surface area (Å²) in [5.74, 6) is -3.25. The van der Waals surface area contributed by atoms with Gasteiger partial charge >= 0.3 is 15.5 Å². The van der Waals surface area contributed by atoms with Gasteiger partial charge in [-0.2, -0.15) is 21.6 Å². The lowest BCUT2D eigenvalue weighted by atomic mass is 9.89.